The molecule has 6 heteroatoms. The zero-order valence-electron chi connectivity index (χ0n) is 13.3. The molecule has 0 saturated heterocycles. The Morgan fingerprint density at radius 2 is 1.73 bits per heavy atom. The molecule has 0 spiro atoms. The average Bonchev–Trinajstić information content (AvgIpc) is 2.42. The summed E-state index contributed by atoms with van der Waals surface area (Å²) in [5.41, 5.74) is 1.10. The minimum atomic E-state index is -1.07. The Labute approximate surface area is 135 Å². The Kier molecular flexibility index (Phi) is 6.23. The number of ether oxygens (including phenoxy) is 1. The van der Waals surface area contributed by atoms with E-state index in [0.29, 0.717) is 5.88 Å². The van der Waals surface area contributed by atoms with Crippen molar-refractivity contribution in [2.75, 3.05) is 7.05 Å². The molecule has 0 aromatic heterocycles. The molecule has 0 bridgehead atoms. The molecule has 0 fully saturated rings. The van der Waals surface area contributed by atoms with Crippen LogP contribution >= 0.6 is 11.6 Å². The molecule has 1 aromatic rings. The van der Waals surface area contributed by atoms with Gasteiger partial charge in [-0.15, -0.1) is 11.6 Å². The molecule has 0 aliphatic rings. The lowest BCUT2D eigenvalue weighted by atomic mass is 10.0. The van der Waals surface area contributed by atoms with E-state index < -0.39 is 23.7 Å². The third-order valence-electron chi connectivity index (χ3n) is 3.04. The summed E-state index contributed by atoms with van der Waals surface area (Å²) in [5, 5.41) is 9.38. The molecular formula is C16H22ClNO4. The summed E-state index contributed by atoms with van der Waals surface area (Å²) in [4.78, 5) is 24.6. The molecular weight excluding hydrogens is 306 g/mol. The number of carboxylic acids is 1. The van der Waals surface area contributed by atoms with Crippen LogP contribution in [0.1, 0.15) is 31.9 Å². The maximum Gasteiger partial charge on any atom is 0.410 e. The van der Waals surface area contributed by atoms with Gasteiger partial charge in [-0.2, -0.15) is 0 Å². The predicted molar refractivity (Wildman–Crippen MR) is 85.1 cm³/mol. The fraction of sp³-hybridized carbons (Fsp3) is 0.500. The van der Waals surface area contributed by atoms with E-state index in [0.717, 1.165) is 16.0 Å². The van der Waals surface area contributed by atoms with E-state index in [1.54, 1.807) is 20.8 Å². The summed E-state index contributed by atoms with van der Waals surface area (Å²) in [5.74, 6) is -0.671. The highest BCUT2D eigenvalue weighted by molar-refractivity contribution is 6.17. The lowest BCUT2D eigenvalue weighted by molar-refractivity contribution is -0.142. The van der Waals surface area contributed by atoms with Crippen molar-refractivity contribution in [1.82, 2.24) is 4.90 Å². The van der Waals surface area contributed by atoms with Crippen molar-refractivity contribution in [3.8, 4) is 0 Å². The van der Waals surface area contributed by atoms with Gasteiger partial charge in [0.25, 0.3) is 0 Å². The number of likely N-dealkylation sites (N-methyl/N-ethyl adjacent to an activating group) is 1. The summed E-state index contributed by atoms with van der Waals surface area (Å²) in [6, 6.07) is 6.33. The normalized spacial score (nSPS) is 12.6. The van der Waals surface area contributed by atoms with E-state index in [9.17, 15) is 14.7 Å². The quantitative estimate of drug-likeness (QED) is 0.843. The van der Waals surface area contributed by atoms with Gasteiger partial charge in [0.1, 0.15) is 11.6 Å². The van der Waals surface area contributed by atoms with Crippen LogP contribution < -0.4 is 0 Å². The van der Waals surface area contributed by atoms with E-state index in [1.807, 2.05) is 24.3 Å². The second kappa shape index (κ2) is 7.49. The number of carbonyl (C=O) groups excluding carboxylic acids is 1. The van der Waals surface area contributed by atoms with Gasteiger partial charge >= 0.3 is 12.1 Å². The number of hydrogen-bond donors (Lipinski definition) is 1. The lowest BCUT2D eigenvalue weighted by Gasteiger charge is -2.28. The molecule has 1 N–H and O–H groups in total. The fourth-order valence-corrected chi connectivity index (χ4v) is 2.02. The number of carbonyl (C=O) groups is 2. The molecule has 0 aliphatic carbocycles. The highest BCUT2D eigenvalue weighted by atomic mass is 35.5. The first kappa shape index (κ1) is 18.3. The van der Waals surface area contributed by atoms with Crippen LogP contribution in [0, 0.1) is 0 Å². The first-order chi connectivity index (χ1) is 10.1. The zero-order chi connectivity index (χ0) is 16.9. The molecule has 22 heavy (non-hydrogen) atoms. The Morgan fingerprint density at radius 1 is 1.23 bits per heavy atom. The highest BCUT2D eigenvalue weighted by Gasteiger charge is 2.30. The van der Waals surface area contributed by atoms with Gasteiger partial charge in [-0.1, -0.05) is 24.3 Å². The van der Waals surface area contributed by atoms with Crippen LogP contribution in [0.15, 0.2) is 24.3 Å². The molecule has 0 heterocycles. The van der Waals surface area contributed by atoms with Crippen molar-refractivity contribution in [2.45, 2.75) is 44.7 Å². The first-order valence-corrected chi connectivity index (χ1v) is 7.50. The SMILES string of the molecule is CN(C(=O)OC(C)(C)C)[C@@H](Cc1ccc(CCl)cc1)C(=O)O. The predicted octanol–water partition coefficient (Wildman–Crippen LogP) is 3.29. The standard InChI is InChI=1S/C16H22ClNO4/c1-16(2,3)22-15(21)18(4)13(14(19)20)9-11-5-7-12(10-17)8-6-11/h5-8,13H,9-10H2,1-4H3,(H,19,20)/t13-/m0/s1. The van der Waals surface area contributed by atoms with Gasteiger partial charge in [0.05, 0.1) is 0 Å². The third-order valence-corrected chi connectivity index (χ3v) is 3.35. The van der Waals surface area contributed by atoms with Crippen LogP contribution in [-0.2, 0) is 21.8 Å². The number of alkyl halides is 1. The monoisotopic (exact) mass is 327 g/mol. The largest absolute Gasteiger partial charge is 0.480 e. The Morgan fingerprint density at radius 3 is 2.14 bits per heavy atom. The summed E-state index contributed by atoms with van der Waals surface area (Å²) < 4.78 is 5.21. The van der Waals surface area contributed by atoms with Crippen LogP contribution in [-0.4, -0.2) is 40.8 Å². The van der Waals surface area contributed by atoms with Gasteiger partial charge < -0.3 is 9.84 Å². The summed E-state index contributed by atoms with van der Waals surface area (Å²) >= 11 is 5.73. The second-order valence-corrected chi connectivity index (χ2v) is 6.37. The molecule has 122 valence electrons. The van der Waals surface area contributed by atoms with Crippen LogP contribution in [0.2, 0.25) is 0 Å². The van der Waals surface area contributed by atoms with Gasteiger partial charge in [0.15, 0.2) is 0 Å². The molecule has 0 saturated carbocycles. The maximum atomic E-state index is 12.0. The van der Waals surface area contributed by atoms with Crippen molar-refractivity contribution >= 4 is 23.7 Å². The number of nitrogens with zero attached hydrogens (tertiary/aromatic N) is 1. The number of carboxylic acid groups (broad SMARTS) is 1. The molecule has 0 radical (unpaired) electrons. The third kappa shape index (κ3) is 5.56. The van der Waals surface area contributed by atoms with Gasteiger partial charge in [-0.25, -0.2) is 9.59 Å². The molecule has 5 nitrogen and oxygen atoms in total. The van der Waals surface area contributed by atoms with Crippen LogP contribution in [0.3, 0.4) is 0 Å². The maximum absolute atomic E-state index is 12.0. The molecule has 0 aliphatic heterocycles. The Bertz CT molecular complexity index is 522. The number of rotatable bonds is 5. The minimum absolute atomic E-state index is 0.202. The molecule has 1 aromatic carbocycles. The van der Waals surface area contributed by atoms with E-state index in [4.69, 9.17) is 16.3 Å². The topological polar surface area (TPSA) is 66.8 Å². The van der Waals surface area contributed by atoms with Gasteiger partial charge in [-0.05, 0) is 31.9 Å². The van der Waals surface area contributed by atoms with Crippen LogP contribution in [0.25, 0.3) is 0 Å². The molecule has 1 rings (SSSR count). The van der Waals surface area contributed by atoms with Crippen LogP contribution in [0.4, 0.5) is 4.79 Å². The average molecular weight is 328 g/mol. The smallest absolute Gasteiger partial charge is 0.410 e. The number of aliphatic carboxylic acids is 1. The molecule has 1 amide bonds. The van der Waals surface area contributed by atoms with E-state index >= 15 is 0 Å². The summed E-state index contributed by atoms with van der Waals surface area (Å²) in [6.07, 6.45) is -0.453. The number of benzene rings is 1. The minimum Gasteiger partial charge on any atom is -0.480 e. The number of halogens is 1. The van der Waals surface area contributed by atoms with Crippen molar-refractivity contribution in [3.05, 3.63) is 35.4 Å². The van der Waals surface area contributed by atoms with E-state index in [2.05, 4.69) is 0 Å². The highest BCUT2D eigenvalue weighted by Crippen LogP contribution is 2.15. The molecule has 1 atom stereocenters. The summed E-state index contributed by atoms with van der Waals surface area (Å²) in [7, 11) is 1.43. The molecule has 0 unspecified atom stereocenters. The van der Waals surface area contributed by atoms with Crippen molar-refractivity contribution in [2.24, 2.45) is 0 Å². The van der Waals surface area contributed by atoms with Crippen molar-refractivity contribution in [3.63, 3.8) is 0 Å². The van der Waals surface area contributed by atoms with Crippen LogP contribution in [0.5, 0.6) is 0 Å². The first-order valence-electron chi connectivity index (χ1n) is 6.96. The summed E-state index contributed by atoms with van der Waals surface area (Å²) in [6.45, 7) is 5.21. The van der Waals surface area contributed by atoms with Gasteiger partial charge in [-0.3, -0.25) is 4.90 Å². The van der Waals surface area contributed by atoms with Gasteiger partial charge in [0.2, 0.25) is 0 Å². The van der Waals surface area contributed by atoms with Crippen molar-refractivity contribution < 1.29 is 19.4 Å². The number of amides is 1. The Balaban J connectivity index is 2.84. The Hall–Kier alpha value is -1.75. The van der Waals surface area contributed by atoms with Crippen molar-refractivity contribution in [1.29, 1.82) is 0 Å². The second-order valence-electron chi connectivity index (χ2n) is 6.10. The van der Waals surface area contributed by atoms with Gasteiger partial charge in [0, 0.05) is 19.3 Å². The lowest BCUT2D eigenvalue weighted by Crippen LogP contribution is -2.46. The van der Waals surface area contributed by atoms with E-state index in [-0.39, 0.29) is 6.42 Å². The number of hydrogen-bond acceptors (Lipinski definition) is 3. The fourth-order valence-electron chi connectivity index (χ4n) is 1.84. The zero-order valence-corrected chi connectivity index (χ0v) is 14.1. The van der Waals surface area contributed by atoms with E-state index in [1.165, 1.54) is 7.05 Å².